The van der Waals surface area contributed by atoms with E-state index in [0.717, 1.165) is 62.3 Å². The van der Waals surface area contributed by atoms with Crippen molar-refractivity contribution in [3.05, 3.63) is 29.1 Å². The molecule has 6 nitrogen and oxygen atoms in total. The molecule has 31 heavy (non-hydrogen) atoms. The summed E-state index contributed by atoms with van der Waals surface area (Å²) in [5.41, 5.74) is 4.21. The van der Waals surface area contributed by atoms with Gasteiger partial charge in [0.25, 0.3) is 0 Å². The summed E-state index contributed by atoms with van der Waals surface area (Å²) in [5.74, 6) is 0.545. The van der Waals surface area contributed by atoms with E-state index in [1.54, 1.807) is 0 Å². The Morgan fingerprint density at radius 3 is 2.65 bits per heavy atom. The highest BCUT2D eigenvalue weighted by Crippen LogP contribution is 2.37. The molecule has 1 saturated carbocycles. The van der Waals surface area contributed by atoms with Gasteiger partial charge in [-0.2, -0.15) is 0 Å². The van der Waals surface area contributed by atoms with E-state index in [2.05, 4.69) is 33.4 Å². The Hall–Kier alpha value is -2.25. The number of fused-ring (bicyclic) bond motifs is 1. The van der Waals surface area contributed by atoms with Gasteiger partial charge in [0.1, 0.15) is 0 Å². The molecule has 1 aliphatic carbocycles. The SMILES string of the molecule is O=C(CN1CCCCCC1)Nc1nc(-c2ccc3c(c2)CCCN3C(=O)C2CC2)cs1. The molecule has 0 bridgehead atoms. The fourth-order valence-corrected chi connectivity index (χ4v) is 5.39. The van der Waals surface area contributed by atoms with Crippen molar-refractivity contribution in [3.8, 4) is 11.3 Å². The number of aryl methyl sites for hydroxylation is 1. The summed E-state index contributed by atoms with van der Waals surface area (Å²) in [6.07, 6.45) is 8.95. The molecule has 7 heteroatoms. The van der Waals surface area contributed by atoms with Crippen LogP contribution in [0, 0.1) is 5.92 Å². The predicted octanol–water partition coefficient (Wildman–Crippen LogP) is 4.31. The van der Waals surface area contributed by atoms with Gasteiger partial charge < -0.3 is 10.2 Å². The van der Waals surface area contributed by atoms with E-state index >= 15 is 0 Å². The van der Waals surface area contributed by atoms with Crippen LogP contribution in [0.15, 0.2) is 23.6 Å². The number of carbonyl (C=O) groups is 2. The van der Waals surface area contributed by atoms with Crippen molar-refractivity contribution in [1.29, 1.82) is 0 Å². The lowest BCUT2D eigenvalue weighted by molar-refractivity contribution is -0.120. The van der Waals surface area contributed by atoms with Crippen LogP contribution in [0.1, 0.15) is 50.5 Å². The van der Waals surface area contributed by atoms with Crippen molar-refractivity contribution in [1.82, 2.24) is 9.88 Å². The molecule has 5 rings (SSSR count). The summed E-state index contributed by atoms with van der Waals surface area (Å²) in [6.45, 7) is 3.28. The van der Waals surface area contributed by atoms with Crippen LogP contribution in [0.4, 0.5) is 10.8 Å². The number of thiazole rings is 1. The molecule has 2 amide bonds. The van der Waals surface area contributed by atoms with Crippen LogP contribution in [0.3, 0.4) is 0 Å². The molecule has 2 aromatic rings. The number of hydrogen-bond acceptors (Lipinski definition) is 5. The van der Waals surface area contributed by atoms with Crippen molar-refractivity contribution >= 4 is 34.0 Å². The van der Waals surface area contributed by atoms with E-state index < -0.39 is 0 Å². The Balaban J connectivity index is 1.25. The van der Waals surface area contributed by atoms with Crippen molar-refractivity contribution in [3.63, 3.8) is 0 Å². The number of carbonyl (C=O) groups excluding carboxylic acids is 2. The van der Waals surface area contributed by atoms with Crippen LogP contribution in [-0.4, -0.2) is 47.9 Å². The number of nitrogens with zero attached hydrogens (tertiary/aromatic N) is 3. The second kappa shape index (κ2) is 9.09. The molecule has 1 saturated heterocycles. The molecule has 1 N–H and O–H groups in total. The van der Waals surface area contributed by atoms with E-state index in [-0.39, 0.29) is 17.7 Å². The van der Waals surface area contributed by atoms with Gasteiger partial charge >= 0.3 is 0 Å². The minimum absolute atomic E-state index is 0.0162. The zero-order chi connectivity index (χ0) is 21.2. The smallest absolute Gasteiger partial charge is 0.240 e. The number of benzene rings is 1. The first kappa shape index (κ1) is 20.6. The lowest BCUT2D eigenvalue weighted by atomic mass is 9.98. The van der Waals surface area contributed by atoms with E-state index in [1.165, 1.54) is 42.6 Å². The first-order valence-electron chi connectivity index (χ1n) is 11.6. The molecule has 2 aliphatic heterocycles. The Labute approximate surface area is 187 Å². The minimum atomic E-state index is 0.0162. The normalized spacial score (nSPS) is 19.5. The molecular formula is C24H30N4O2S. The number of nitrogens with one attached hydrogen (secondary N) is 1. The highest BCUT2D eigenvalue weighted by molar-refractivity contribution is 7.14. The maximum atomic E-state index is 12.6. The Kier molecular flexibility index (Phi) is 6.05. The van der Waals surface area contributed by atoms with Crippen LogP contribution in [0.25, 0.3) is 11.3 Å². The molecule has 2 fully saturated rings. The van der Waals surface area contributed by atoms with Gasteiger partial charge in [-0.15, -0.1) is 11.3 Å². The molecule has 0 unspecified atom stereocenters. The first-order chi connectivity index (χ1) is 15.2. The van der Waals surface area contributed by atoms with Crippen LogP contribution >= 0.6 is 11.3 Å². The number of rotatable bonds is 5. The van der Waals surface area contributed by atoms with Gasteiger partial charge in [0.05, 0.1) is 12.2 Å². The Morgan fingerprint density at radius 1 is 1.06 bits per heavy atom. The monoisotopic (exact) mass is 438 g/mol. The van der Waals surface area contributed by atoms with Gasteiger partial charge in [-0.05, 0) is 69.3 Å². The standard InChI is InChI=1S/C24H30N4O2S/c29-22(15-27-11-3-1-2-4-12-27)26-24-25-20(16-31-24)18-9-10-21-19(14-18)6-5-13-28(21)23(30)17-7-8-17/h9-10,14,16-17H,1-8,11-13,15H2,(H,25,26,29). The third-order valence-corrected chi connectivity index (χ3v) is 7.26. The van der Waals surface area contributed by atoms with Crippen LogP contribution in [0.5, 0.6) is 0 Å². The lowest BCUT2D eigenvalue weighted by Crippen LogP contribution is -2.36. The average molecular weight is 439 g/mol. The second-order valence-corrected chi connectivity index (χ2v) is 9.85. The van der Waals surface area contributed by atoms with Crippen molar-refractivity contribution in [2.75, 3.05) is 36.4 Å². The molecule has 0 radical (unpaired) electrons. The zero-order valence-corrected chi connectivity index (χ0v) is 18.8. The van der Waals surface area contributed by atoms with Gasteiger partial charge in [0, 0.05) is 29.1 Å². The van der Waals surface area contributed by atoms with E-state index in [0.29, 0.717) is 11.7 Å². The van der Waals surface area contributed by atoms with Crippen LogP contribution < -0.4 is 10.2 Å². The van der Waals surface area contributed by atoms with Gasteiger partial charge in [-0.25, -0.2) is 4.98 Å². The number of hydrogen-bond donors (Lipinski definition) is 1. The van der Waals surface area contributed by atoms with E-state index in [1.807, 2.05) is 10.3 Å². The highest BCUT2D eigenvalue weighted by Gasteiger charge is 2.35. The average Bonchev–Trinajstić information content (AvgIpc) is 3.57. The van der Waals surface area contributed by atoms with E-state index in [4.69, 9.17) is 0 Å². The summed E-state index contributed by atoms with van der Waals surface area (Å²) in [6, 6.07) is 6.29. The summed E-state index contributed by atoms with van der Waals surface area (Å²) < 4.78 is 0. The molecule has 1 aromatic carbocycles. The summed E-state index contributed by atoms with van der Waals surface area (Å²) in [5, 5.41) is 5.63. The molecule has 0 atom stereocenters. The maximum Gasteiger partial charge on any atom is 0.240 e. The summed E-state index contributed by atoms with van der Waals surface area (Å²) in [4.78, 5) is 34.0. The van der Waals surface area contributed by atoms with Crippen LogP contribution in [0.2, 0.25) is 0 Å². The molecule has 164 valence electrons. The topological polar surface area (TPSA) is 65.5 Å². The fourth-order valence-electron chi connectivity index (χ4n) is 4.66. The highest BCUT2D eigenvalue weighted by atomic mass is 32.1. The number of amides is 2. The molecular weight excluding hydrogens is 408 g/mol. The Morgan fingerprint density at radius 2 is 1.87 bits per heavy atom. The van der Waals surface area contributed by atoms with E-state index in [9.17, 15) is 9.59 Å². The van der Waals surface area contributed by atoms with Gasteiger partial charge in [-0.1, -0.05) is 18.9 Å². The molecule has 3 heterocycles. The zero-order valence-electron chi connectivity index (χ0n) is 17.9. The molecule has 1 aromatic heterocycles. The fraction of sp³-hybridized carbons (Fsp3) is 0.542. The second-order valence-electron chi connectivity index (χ2n) is 8.99. The number of aromatic nitrogens is 1. The number of anilines is 2. The predicted molar refractivity (Wildman–Crippen MR) is 124 cm³/mol. The largest absolute Gasteiger partial charge is 0.312 e. The maximum absolute atomic E-state index is 12.6. The third kappa shape index (κ3) is 4.83. The van der Waals surface area contributed by atoms with Gasteiger partial charge in [-0.3, -0.25) is 14.5 Å². The quantitative estimate of drug-likeness (QED) is 0.755. The van der Waals surface area contributed by atoms with Crippen molar-refractivity contribution < 1.29 is 9.59 Å². The molecule has 0 spiro atoms. The third-order valence-electron chi connectivity index (χ3n) is 6.50. The lowest BCUT2D eigenvalue weighted by Gasteiger charge is -2.30. The minimum Gasteiger partial charge on any atom is -0.312 e. The number of likely N-dealkylation sites (tertiary alicyclic amines) is 1. The summed E-state index contributed by atoms with van der Waals surface area (Å²) in [7, 11) is 0. The van der Waals surface area contributed by atoms with Gasteiger partial charge in [0.15, 0.2) is 5.13 Å². The van der Waals surface area contributed by atoms with Crippen molar-refractivity contribution in [2.45, 2.75) is 51.4 Å². The Bertz CT molecular complexity index is 960. The first-order valence-corrected chi connectivity index (χ1v) is 12.5. The van der Waals surface area contributed by atoms with Crippen molar-refractivity contribution in [2.24, 2.45) is 5.92 Å². The van der Waals surface area contributed by atoms with Gasteiger partial charge in [0.2, 0.25) is 11.8 Å². The summed E-state index contributed by atoms with van der Waals surface area (Å²) >= 11 is 1.47. The van der Waals surface area contributed by atoms with Crippen LogP contribution in [-0.2, 0) is 16.0 Å². The molecule has 3 aliphatic rings.